The molecule has 1 heterocycles. The lowest BCUT2D eigenvalue weighted by Crippen LogP contribution is -2.52. The number of amides is 1. The molecule has 156 valence electrons. The third-order valence-electron chi connectivity index (χ3n) is 5.69. The van der Waals surface area contributed by atoms with Gasteiger partial charge in [0.2, 0.25) is 0 Å². The fraction of sp³-hybridized carbons (Fsp3) is 0.476. The van der Waals surface area contributed by atoms with Gasteiger partial charge in [0.25, 0.3) is 5.91 Å². The fourth-order valence-electron chi connectivity index (χ4n) is 4.14. The Morgan fingerprint density at radius 2 is 1.97 bits per heavy atom. The molecule has 0 bridgehead atoms. The summed E-state index contributed by atoms with van der Waals surface area (Å²) < 4.78 is 10.6. The third kappa shape index (κ3) is 4.59. The summed E-state index contributed by atoms with van der Waals surface area (Å²) in [6, 6.07) is 8.35. The highest BCUT2D eigenvalue weighted by molar-refractivity contribution is 5.95. The van der Waals surface area contributed by atoms with E-state index in [0.717, 1.165) is 31.4 Å². The van der Waals surface area contributed by atoms with Crippen LogP contribution in [0.25, 0.3) is 0 Å². The molecule has 2 aromatic rings. The lowest BCUT2D eigenvalue weighted by Gasteiger charge is -2.42. The molecule has 8 nitrogen and oxygen atoms in total. The Morgan fingerprint density at radius 3 is 2.59 bits per heavy atom. The van der Waals surface area contributed by atoms with Crippen molar-refractivity contribution in [3.63, 3.8) is 0 Å². The zero-order valence-corrected chi connectivity index (χ0v) is 17.0. The number of carbonyl (C=O) groups is 1. The summed E-state index contributed by atoms with van der Waals surface area (Å²) in [4.78, 5) is 27.7. The molecule has 2 unspecified atom stereocenters. The van der Waals surface area contributed by atoms with Gasteiger partial charge in [0.1, 0.15) is 5.76 Å². The number of hydrogen-bond donors (Lipinski definition) is 0. The molecule has 1 amide bonds. The van der Waals surface area contributed by atoms with Crippen molar-refractivity contribution in [2.45, 2.75) is 44.3 Å². The van der Waals surface area contributed by atoms with Gasteiger partial charge in [-0.25, -0.2) is 0 Å². The first kappa shape index (κ1) is 20.9. The highest BCUT2D eigenvalue weighted by Gasteiger charge is 2.34. The van der Waals surface area contributed by atoms with E-state index in [9.17, 15) is 14.9 Å². The van der Waals surface area contributed by atoms with E-state index in [0.29, 0.717) is 12.1 Å². The van der Waals surface area contributed by atoms with Gasteiger partial charge in [0.15, 0.2) is 5.75 Å². The molecule has 2 atom stereocenters. The first-order valence-corrected chi connectivity index (χ1v) is 9.74. The Hall–Kier alpha value is -2.87. The summed E-state index contributed by atoms with van der Waals surface area (Å²) in [7, 11) is 5.22. The van der Waals surface area contributed by atoms with E-state index in [1.165, 1.54) is 25.3 Å². The number of furan rings is 1. The van der Waals surface area contributed by atoms with Crippen molar-refractivity contribution in [3.8, 4) is 5.75 Å². The van der Waals surface area contributed by atoms with E-state index < -0.39 is 4.92 Å². The maximum absolute atomic E-state index is 13.1. The minimum absolute atomic E-state index is 0.0531. The second-order valence-corrected chi connectivity index (χ2v) is 7.47. The molecule has 0 radical (unpaired) electrons. The van der Waals surface area contributed by atoms with Crippen LogP contribution in [-0.2, 0) is 6.54 Å². The molecule has 8 heteroatoms. The van der Waals surface area contributed by atoms with Crippen molar-refractivity contribution in [2.75, 3.05) is 21.2 Å². The van der Waals surface area contributed by atoms with Crippen LogP contribution in [-0.4, -0.2) is 53.9 Å². The minimum Gasteiger partial charge on any atom is -0.490 e. The monoisotopic (exact) mass is 401 g/mol. The molecule has 1 aliphatic rings. The van der Waals surface area contributed by atoms with Crippen LogP contribution in [0, 0.1) is 10.1 Å². The molecule has 1 saturated carbocycles. The van der Waals surface area contributed by atoms with Crippen LogP contribution in [0.3, 0.4) is 0 Å². The Kier molecular flexibility index (Phi) is 6.53. The molecule has 0 spiro atoms. The van der Waals surface area contributed by atoms with Crippen LogP contribution in [0.4, 0.5) is 5.69 Å². The van der Waals surface area contributed by atoms with Crippen LogP contribution in [0.1, 0.15) is 41.8 Å². The van der Waals surface area contributed by atoms with E-state index in [1.807, 2.05) is 12.1 Å². The van der Waals surface area contributed by atoms with Crippen LogP contribution >= 0.6 is 0 Å². The normalized spacial score (nSPS) is 19.2. The first-order chi connectivity index (χ1) is 13.9. The number of likely N-dealkylation sites (N-methyl/N-ethyl adjacent to an activating group) is 2. The van der Waals surface area contributed by atoms with Crippen LogP contribution < -0.4 is 4.74 Å². The van der Waals surface area contributed by atoms with Crippen molar-refractivity contribution in [2.24, 2.45) is 0 Å². The molecule has 1 fully saturated rings. The molecule has 0 aliphatic heterocycles. The number of methoxy groups -OCH3 is 1. The number of ether oxygens (including phenoxy) is 1. The van der Waals surface area contributed by atoms with Gasteiger partial charge >= 0.3 is 5.69 Å². The van der Waals surface area contributed by atoms with E-state index >= 15 is 0 Å². The smallest absolute Gasteiger partial charge is 0.310 e. The first-order valence-electron chi connectivity index (χ1n) is 9.74. The highest BCUT2D eigenvalue weighted by atomic mass is 16.6. The lowest BCUT2D eigenvalue weighted by atomic mass is 9.88. The zero-order valence-electron chi connectivity index (χ0n) is 17.0. The predicted molar refractivity (Wildman–Crippen MR) is 108 cm³/mol. The SMILES string of the molecule is COc1cc(C(=O)N(C)C2CCCCC2N(C)Cc2ccco2)ccc1[N+](=O)[O-]. The van der Waals surface area contributed by atoms with Crippen LogP contribution in [0.5, 0.6) is 5.75 Å². The number of nitro groups is 1. The van der Waals surface area contributed by atoms with Crippen LogP contribution in [0.2, 0.25) is 0 Å². The van der Waals surface area contributed by atoms with Crippen molar-refractivity contribution < 1.29 is 18.9 Å². The summed E-state index contributed by atoms with van der Waals surface area (Å²) >= 11 is 0. The van der Waals surface area contributed by atoms with Crippen molar-refractivity contribution >= 4 is 11.6 Å². The summed E-state index contributed by atoms with van der Waals surface area (Å²) in [5.74, 6) is 0.816. The molecule has 1 aromatic carbocycles. The topological polar surface area (TPSA) is 89.1 Å². The fourth-order valence-corrected chi connectivity index (χ4v) is 4.14. The number of benzene rings is 1. The number of nitro benzene ring substituents is 1. The molecule has 1 aliphatic carbocycles. The van der Waals surface area contributed by atoms with E-state index in [2.05, 4.69) is 11.9 Å². The van der Waals surface area contributed by atoms with Crippen molar-refractivity contribution in [3.05, 3.63) is 58.0 Å². The van der Waals surface area contributed by atoms with Gasteiger partial charge in [-0.1, -0.05) is 12.8 Å². The third-order valence-corrected chi connectivity index (χ3v) is 5.69. The second-order valence-electron chi connectivity index (χ2n) is 7.47. The quantitative estimate of drug-likeness (QED) is 0.519. The van der Waals surface area contributed by atoms with Crippen LogP contribution in [0.15, 0.2) is 41.0 Å². The maximum atomic E-state index is 13.1. The average Bonchev–Trinajstić information content (AvgIpc) is 3.25. The minimum atomic E-state index is -0.516. The van der Waals surface area contributed by atoms with Gasteiger partial charge in [-0.2, -0.15) is 0 Å². The van der Waals surface area contributed by atoms with Gasteiger partial charge in [-0.05, 0) is 38.1 Å². The maximum Gasteiger partial charge on any atom is 0.310 e. The highest BCUT2D eigenvalue weighted by Crippen LogP contribution is 2.31. The van der Waals surface area contributed by atoms with Gasteiger partial charge in [-0.15, -0.1) is 0 Å². The summed E-state index contributed by atoms with van der Waals surface area (Å²) in [5.41, 5.74) is 0.230. The Bertz CT molecular complexity index is 852. The summed E-state index contributed by atoms with van der Waals surface area (Å²) in [6.07, 6.45) is 5.77. The van der Waals surface area contributed by atoms with Gasteiger partial charge in [0, 0.05) is 36.8 Å². The Morgan fingerprint density at radius 1 is 1.24 bits per heavy atom. The molecular formula is C21H27N3O5. The molecule has 1 aromatic heterocycles. The predicted octanol–water partition coefficient (Wildman–Crippen LogP) is 3.71. The summed E-state index contributed by atoms with van der Waals surface area (Å²) in [5, 5.41) is 11.1. The largest absolute Gasteiger partial charge is 0.490 e. The van der Waals surface area contributed by atoms with Gasteiger partial charge < -0.3 is 14.1 Å². The number of hydrogen-bond acceptors (Lipinski definition) is 6. The standard InChI is InChI=1S/C21H27N3O5/c1-22(14-16-7-6-12-29-16)17-8-4-5-9-18(17)23(2)21(25)15-10-11-19(24(26)27)20(13-15)28-3/h6-7,10-13,17-18H,4-5,8-9,14H2,1-3H3. The lowest BCUT2D eigenvalue weighted by molar-refractivity contribution is -0.385. The number of carbonyl (C=O) groups excluding carboxylic acids is 1. The zero-order chi connectivity index (χ0) is 21.0. The van der Waals surface area contributed by atoms with E-state index in [1.54, 1.807) is 18.2 Å². The number of rotatable bonds is 7. The van der Waals surface area contributed by atoms with E-state index in [4.69, 9.17) is 9.15 Å². The summed E-state index contributed by atoms with van der Waals surface area (Å²) in [6.45, 7) is 0.682. The molecule has 29 heavy (non-hydrogen) atoms. The molecule has 3 rings (SSSR count). The number of nitrogens with zero attached hydrogens (tertiary/aromatic N) is 3. The van der Waals surface area contributed by atoms with E-state index in [-0.39, 0.29) is 29.4 Å². The molecule has 0 saturated heterocycles. The average molecular weight is 401 g/mol. The molecule has 0 N–H and O–H groups in total. The van der Waals surface area contributed by atoms with Crippen molar-refractivity contribution in [1.29, 1.82) is 0 Å². The Balaban J connectivity index is 1.78. The second kappa shape index (κ2) is 9.09. The molecular weight excluding hydrogens is 374 g/mol. The van der Waals surface area contributed by atoms with Crippen molar-refractivity contribution in [1.82, 2.24) is 9.80 Å². The Labute approximate surface area is 170 Å². The van der Waals surface area contributed by atoms with Gasteiger partial charge in [0.05, 0.1) is 24.8 Å². The van der Waals surface area contributed by atoms with Gasteiger partial charge in [-0.3, -0.25) is 19.8 Å².